The zero-order valence-corrected chi connectivity index (χ0v) is 18.6. The number of nitrogens with zero attached hydrogens (tertiary/aromatic N) is 1. The maximum Gasteiger partial charge on any atom is 0.240 e. The smallest absolute Gasteiger partial charge is 0.240 e. The number of morpholine rings is 1. The molecule has 0 saturated carbocycles. The molecule has 1 heterocycles. The third-order valence-electron chi connectivity index (χ3n) is 4.98. The van der Waals surface area contributed by atoms with Crippen LogP contribution in [0.2, 0.25) is 0 Å². The van der Waals surface area contributed by atoms with Gasteiger partial charge < -0.3 is 9.47 Å². The van der Waals surface area contributed by atoms with E-state index in [0.29, 0.717) is 31.4 Å². The number of nitrogens with one attached hydrogen (secondary N) is 1. The highest BCUT2D eigenvalue weighted by Crippen LogP contribution is 2.22. The number of ether oxygens (including phenoxy) is 2. The molecular weight excluding hydrogens is 400 g/mol. The highest BCUT2D eigenvalue weighted by atomic mass is 32.2. The Kier molecular flexibility index (Phi) is 8.27. The fraction of sp³-hybridized carbons (Fsp3) is 0.478. The number of hydrogen-bond donors (Lipinski definition) is 1. The molecule has 7 heteroatoms. The van der Waals surface area contributed by atoms with Gasteiger partial charge in [0.15, 0.2) is 0 Å². The van der Waals surface area contributed by atoms with Gasteiger partial charge in [-0.15, -0.1) is 0 Å². The molecule has 1 N–H and O–H groups in total. The van der Waals surface area contributed by atoms with Gasteiger partial charge in [0.1, 0.15) is 5.75 Å². The van der Waals surface area contributed by atoms with Crippen LogP contribution in [-0.4, -0.2) is 52.7 Å². The van der Waals surface area contributed by atoms with Crippen molar-refractivity contribution in [3.63, 3.8) is 0 Å². The molecule has 2 aromatic rings. The van der Waals surface area contributed by atoms with Crippen LogP contribution in [-0.2, 0) is 14.8 Å². The zero-order valence-electron chi connectivity index (χ0n) is 17.8. The summed E-state index contributed by atoms with van der Waals surface area (Å²) in [5.74, 6) is 1.10. The van der Waals surface area contributed by atoms with Gasteiger partial charge in [-0.3, -0.25) is 4.90 Å². The van der Waals surface area contributed by atoms with Crippen molar-refractivity contribution in [3.05, 3.63) is 60.2 Å². The Morgan fingerprint density at radius 1 is 1.13 bits per heavy atom. The fourth-order valence-corrected chi connectivity index (χ4v) is 4.42. The van der Waals surface area contributed by atoms with Gasteiger partial charge >= 0.3 is 0 Å². The largest absolute Gasteiger partial charge is 0.493 e. The Morgan fingerprint density at radius 3 is 2.57 bits per heavy atom. The Bertz CT molecular complexity index is 870. The normalized spacial score (nSPS) is 17.9. The molecule has 0 bridgehead atoms. The van der Waals surface area contributed by atoms with Crippen molar-refractivity contribution in [2.45, 2.75) is 31.3 Å². The number of benzene rings is 2. The van der Waals surface area contributed by atoms with Gasteiger partial charge in [-0.25, -0.2) is 13.1 Å². The molecule has 0 aliphatic carbocycles. The van der Waals surface area contributed by atoms with Crippen molar-refractivity contribution in [2.75, 3.05) is 39.4 Å². The molecule has 0 amide bonds. The maximum absolute atomic E-state index is 12.5. The minimum atomic E-state index is -3.51. The highest BCUT2D eigenvalue weighted by Gasteiger charge is 2.21. The fourth-order valence-electron chi connectivity index (χ4n) is 3.35. The van der Waals surface area contributed by atoms with E-state index in [0.717, 1.165) is 26.1 Å². The molecule has 164 valence electrons. The lowest BCUT2D eigenvalue weighted by Gasteiger charge is -2.33. The summed E-state index contributed by atoms with van der Waals surface area (Å²) >= 11 is 0. The Balaban J connectivity index is 1.43. The third kappa shape index (κ3) is 6.80. The number of rotatable bonds is 10. The molecule has 1 saturated heterocycles. The summed E-state index contributed by atoms with van der Waals surface area (Å²) in [5.41, 5.74) is 1.18. The first-order valence-electron chi connectivity index (χ1n) is 10.6. The zero-order chi connectivity index (χ0) is 21.4. The topological polar surface area (TPSA) is 67.9 Å². The number of hydrogen-bond acceptors (Lipinski definition) is 5. The standard InChI is InChI=1S/C23H32N2O4S/c1-19(2)18-29-21-9-11-22(12-10-21)30(26,27)24-13-6-14-25-15-16-28-23(17-25)20-7-4-3-5-8-20/h3-5,7-12,19,23-24H,6,13-18H2,1-2H3/t23-/m1/s1. The van der Waals surface area contributed by atoms with Gasteiger partial charge in [-0.1, -0.05) is 44.2 Å². The van der Waals surface area contributed by atoms with Crippen LogP contribution in [0.1, 0.15) is 31.9 Å². The summed E-state index contributed by atoms with van der Waals surface area (Å²) < 4.78 is 39.2. The second-order valence-corrected chi connectivity index (χ2v) is 9.77. The molecule has 1 aliphatic rings. The molecule has 0 radical (unpaired) electrons. The lowest BCUT2D eigenvalue weighted by atomic mass is 10.1. The first kappa shape index (κ1) is 22.7. The SMILES string of the molecule is CC(C)COc1ccc(S(=O)(=O)NCCCN2CCO[C@@H](c3ccccc3)C2)cc1. The summed E-state index contributed by atoms with van der Waals surface area (Å²) in [6.07, 6.45) is 0.823. The van der Waals surface area contributed by atoms with Gasteiger partial charge in [0.25, 0.3) is 0 Å². The summed E-state index contributed by atoms with van der Waals surface area (Å²) in [6.45, 7) is 8.37. The minimum absolute atomic E-state index is 0.0769. The van der Waals surface area contributed by atoms with E-state index in [1.807, 2.05) is 18.2 Å². The third-order valence-corrected chi connectivity index (χ3v) is 6.46. The Morgan fingerprint density at radius 2 is 1.87 bits per heavy atom. The van der Waals surface area contributed by atoms with Crippen LogP contribution >= 0.6 is 0 Å². The van der Waals surface area contributed by atoms with Gasteiger partial charge in [-0.2, -0.15) is 0 Å². The molecule has 0 spiro atoms. The molecule has 1 fully saturated rings. The summed E-state index contributed by atoms with van der Waals surface area (Å²) in [7, 11) is -3.51. The van der Waals surface area contributed by atoms with E-state index in [1.165, 1.54) is 5.56 Å². The predicted molar refractivity (Wildman–Crippen MR) is 118 cm³/mol. The lowest BCUT2D eigenvalue weighted by molar-refractivity contribution is -0.0300. The van der Waals surface area contributed by atoms with Crippen molar-refractivity contribution in [3.8, 4) is 5.75 Å². The monoisotopic (exact) mass is 432 g/mol. The molecule has 2 aromatic carbocycles. The van der Waals surface area contributed by atoms with E-state index in [2.05, 4.69) is 35.6 Å². The Labute approximate surface area is 180 Å². The van der Waals surface area contributed by atoms with Crippen LogP contribution in [0.5, 0.6) is 5.75 Å². The Hall–Kier alpha value is -1.93. The molecule has 0 unspecified atom stereocenters. The van der Waals surface area contributed by atoms with Gasteiger partial charge in [0.05, 0.1) is 24.2 Å². The van der Waals surface area contributed by atoms with Crippen molar-refractivity contribution in [2.24, 2.45) is 5.92 Å². The summed E-state index contributed by atoms with van der Waals surface area (Å²) in [4.78, 5) is 2.59. The predicted octanol–water partition coefficient (Wildman–Crippen LogP) is 3.46. The van der Waals surface area contributed by atoms with E-state index in [1.54, 1.807) is 24.3 Å². The van der Waals surface area contributed by atoms with E-state index >= 15 is 0 Å². The molecule has 1 aliphatic heterocycles. The summed E-state index contributed by atoms with van der Waals surface area (Å²) in [6, 6.07) is 16.8. The second-order valence-electron chi connectivity index (χ2n) is 8.00. The van der Waals surface area contributed by atoms with Crippen LogP contribution in [0.25, 0.3) is 0 Å². The molecule has 3 rings (SSSR count). The van der Waals surface area contributed by atoms with Crippen LogP contribution < -0.4 is 9.46 Å². The van der Waals surface area contributed by atoms with E-state index in [-0.39, 0.29) is 11.0 Å². The molecular formula is C23H32N2O4S. The molecule has 6 nitrogen and oxygen atoms in total. The average Bonchev–Trinajstić information content (AvgIpc) is 2.76. The maximum atomic E-state index is 12.5. The van der Waals surface area contributed by atoms with Gasteiger partial charge in [-0.05, 0) is 48.7 Å². The first-order chi connectivity index (χ1) is 14.4. The quantitative estimate of drug-likeness (QED) is 0.583. The lowest BCUT2D eigenvalue weighted by Crippen LogP contribution is -2.39. The average molecular weight is 433 g/mol. The number of sulfonamides is 1. The molecule has 0 aromatic heterocycles. The van der Waals surface area contributed by atoms with E-state index in [9.17, 15) is 8.42 Å². The van der Waals surface area contributed by atoms with Crippen LogP contribution in [0.4, 0.5) is 0 Å². The van der Waals surface area contributed by atoms with Crippen molar-refractivity contribution in [1.82, 2.24) is 9.62 Å². The van der Waals surface area contributed by atoms with Crippen molar-refractivity contribution < 1.29 is 17.9 Å². The first-order valence-corrected chi connectivity index (χ1v) is 12.0. The molecule has 1 atom stereocenters. The van der Waals surface area contributed by atoms with Crippen molar-refractivity contribution in [1.29, 1.82) is 0 Å². The van der Waals surface area contributed by atoms with Gasteiger partial charge in [0, 0.05) is 19.6 Å². The minimum Gasteiger partial charge on any atom is -0.493 e. The summed E-state index contributed by atoms with van der Waals surface area (Å²) in [5, 5.41) is 0. The van der Waals surface area contributed by atoms with Crippen LogP contribution in [0.3, 0.4) is 0 Å². The van der Waals surface area contributed by atoms with Crippen LogP contribution in [0.15, 0.2) is 59.5 Å². The van der Waals surface area contributed by atoms with E-state index in [4.69, 9.17) is 9.47 Å². The van der Waals surface area contributed by atoms with Gasteiger partial charge in [0.2, 0.25) is 10.0 Å². The second kappa shape index (κ2) is 10.9. The van der Waals surface area contributed by atoms with Crippen LogP contribution in [0, 0.1) is 5.92 Å². The van der Waals surface area contributed by atoms with Crippen molar-refractivity contribution >= 4 is 10.0 Å². The molecule has 30 heavy (non-hydrogen) atoms. The van der Waals surface area contributed by atoms with E-state index < -0.39 is 10.0 Å². The highest BCUT2D eigenvalue weighted by molar-refractivity contribution is 7.89.